The van der Waals surface area contributed by atoms with Crippen molar-refractivity contribution in [2.75, 3.05) is 0 Å². The Hall–Kier alpha value is -2.28. The molecule has 1 N–H and O–H groups in total. The Morgan fingerprint density at radius 3 is 2.89 bits per heavy atom. The van der Waals surface area contributed by atoms with Gasteiger partial charge < -0.3 is 9.73 Å². The molecule has 1 fully saturated rings. The number of aromatic nitrogens is 2. The van der Waals surface area contributed by atoms with Gasteiger partial charge in [-0.15, -0.1) is 10.2 Å². The quantitative estimate of drug-likeness (QED) is 0.651. The number of nitrogens with one attached hydrogen (secondary N) is 1. The standard InChI is InChI=1S/C12H12N4O3/c17-16(18)10-4-2-1-3-9(10)12-15-14-11(19-12)7-13-8-5-6-8/h1-4,8,13H,5-7H2. The van der Waals surface area contributed by atoms with E-state index in [1.807, 2.05) is 0 Å². The fourth-order valence-electron chi connectivity index (χ4n) is 1.77. The van der Waals surface area contributed by atoms with E-state index < -0.39 is 4.92 Å². The summed E-state index contributed by atoms with van der Waals surface area (Å²) >= 11 is 0. The van der Waals surface area contributed by atoms with Crippen molar-refractivity contribution in [1.82, 2.24) is 15.5 Å². The van der Waals surface area contributed by atoms with Crippen molar-refractivity contribution in [2.45, 2.75) is 25.4 Å². The number of para-hydroxylation sites is 1. The van der Waals surface area contributed by atoms with E-state index in [0.717, 1.165) is 0 Å². The monoisotopic (exact) mass is 260 g/mol. The van der Waals surface area contributed by atoms with E-state index in [-0.39, 0.29) is 11.6 Å². The lowest BCUT2D eigenvalue weighted by molar-refractivity contribution is -0.384. The summed E-state index contributed by atoms with van der Waals surface area (Å²) in [4.78, 5) is 10.5. The maximum Gasteiger partial charge on any atom is 0.282 e. The highest BCUT2D eigenvalue weighted by atomic mass is 16.6. The first-order chi connectivity index (χ1) is 9.24. The SMILES string of the molecule is O=[N+]([O-])c1ccccc1-c1nnc(CNC2CC2)o1. The average Bonchev–Trinajstić information content (AvgIpc) is 3.13. The van der Waals surface area contributed by atoms with Crippen molar-refractivity contribution in [1.29, 1.82) is 0 Å². The van der Waals surface area contributed by atoms with Crippen molar-refractivity contribution in [3.8, 4) is 11.5 Å². The molecule has 7 heteroatoms. The Balaban J connectivity index is 1.83. The highest BCUT2D eigenvalue weighted by Crippen LogP contribution is 2.28. The minimum atomic E-state index is -0.457. The van der Waals surface area contributed by atoms with Gasteiger partial charge in [-0.3, -0.25) is 10.1 Å². The van der Waals surface area contributed by atoms with Gasteiger partial charge in [0, 0.05) is 12.1 Å². The summed E-state index contributed by atoms with van der Waals surface area (Å²) in [5, 5.41) is 21.9. The molecular formula is C12H12N4O3. The fourth-order valence-corrected chi connectivity index (χ4v) is 1.77. The highest BCUT2D eigenvalue weighted by molar-refractivity contribution is 5.66. The third-order valence-corrected chi connectivity index (χ3v) is 2.92. The van der Waals surface area contributed by atoms with E-state index in [0.29, 0.717) is 24.0 Å². The van der Waals surface area contributed by atoms with E-state index in [2.05, 4.69) is 15.5 Å². The molecule has 1 aliphatic rings. The molecule has 1 aliphatic carbocycles. The molecule has 0 radical (unpaired) electrons. The molecule has 2 aromatic rings. The average molecular weight is 260 g/mol. The van der Waals surface area contributed by atoms with Crippen LogP contribution in [0.1, 0.15) is 18.7 Å². The molecule has 0 spiro atoms. The van der Waals surface area contributed by atoms with Crippen LogP contribution in [0.4, 0.5) is 5.69 Å². The fraction of sp³-hybridized carbons (Fsp3) is 0.333. The number of rotatable bonds is 5. The van der Waals surface area contributed by atoms with Gasteiger partial charge in [0.1, 0.15) is 5.56 Å². The molecule has 0 atom stereocenters. The zero-order valence-electron chi connectivity index (χ0n) is 10.1. The van der Waals surface area contributed by atoms with Crippen LogP contribution < -0.4 is 5.32 Å². The normalized spacial score (nSPS) is 14.5. The number of nitro groups is 1. The summed E-state index contributed by atoms with van der Waals surface area (Å²) in [7, 11) is 0. The Bertz CT molecular complexity index is 607. The van der Waals surface area contributed by atoms with Crippen LogP contribution in [-0.2, 0) is 6.54 Å². The molecule has 0 amide bonds. The number of nitro benzene ring substituents is 1. The smallest absolute Gasteiger partial charge is 0.282 e. The van der Waals surface area contributed by atoms with Gasteiger partial charge in [0.2, 0.25) is 5.89 Å². The lowest BCUT2D eigenvalue weighted by Crippen LogP contribution is -2.15. The van der Waals surface area contributed by atoms with Gasteiger partial charge in [0.05, 0.1) is 11.5 Å². The second-order valence-corrected chi connectivity index (χ2v) is 4.43. The van der Waals surface area contributed by atoms with Crippen molar-refractivity contribution in [2.24, 2.45) is 0 Å². The molecule has 19 heavy (non-hydrogen) atoms. The van der Waals surface area contributed by atoms with E-state index in [1.54, 1.807) is 18.2 Å². The molecule has 1 saturated carbocycles. The number of nitrogens with zero attached hydrogens (tertiary/aromatic N) is 3. The van der Waals surface area contributed by atoms with Gasteiger partial charge in [0.25, 0.3) is 11.6 Å². The molecule has 7 nitrogen and oxygen atoms in total. The minimum Gasteiger partial charge on any atom is -0.419 e. The van der Waals surface area contributed by atoms with Crippen LogP contribution in [0.25, 0.3) is 11.5 Å². The predicted molar refractivity (Wildman–Crippen MR) is 66.3 cm³/mol. The van der Waals surface area contributed by atoms with E-state index >= 15 is 0 Å². The largest absolute Gasteiger partial charge is 0.419 e. The Morgan fingerprint density at radius 2 is 2.16 bits per heavy atom. The first kappa shape index (κ1) is 11.8. The summed E-state index contributed by atoms with van der Waals surface area (Å²) in [6.45, 7) is 0.498. The predicted octanol–water partition coefficient (Wildman–Crippen LogP) is 1.90. The van der Waals surface area contributed by atoms with Crippen LogP contribution in [0.3, 0.4) is 0 Å². The second kappa shape index (κ2) is 4.77. The molecule has 1 aromatic heterocycles. The van der Waals surface area contributed by atoms with Crippen LogP contribution in [-0.4, -0.2) is 21.2 Å². The van der Waals surface area contributed by atoms with E-state index in [9.17, 15) is 10.1 Å². The Labute approximate surface area is 108 Å². The van der Waals surface area contributed by atoms with Crippen molar-refractivity contribution in [3.63, 3.8) is 0 Å². The van der Waals surface area contributed by atoms with Crippen LogP contribution in [0, 0.1) is 10.1 Å². The van der Waals surface area contributed by atoms with Crippen molar-refractivity contribution < 1.29 is 9.34 Å². The molecule has 0 bridgehead atoms. The zero-order valence-corrected chi connectivity index (χ0v) is 10.1. The van der Waals surface area contributed by atoms with Crippen LogP contribution >= 0.6 is 0 Å². The topological polar surface area (TPSA) is 94.1 Å². The molecule has 98 valence electrons. The number of hydrogen-bond donors (Lipinski definition) is 1. The van der Waals surface area contributed by atoms with Crippen LogP contribution in [0.5, 0.6) is 0 Å². The second-order valence-electron chi connectivity index (χ2n) is 4.43. The lowest BCUT2D eigenvalue weighted by Gasteiger charge is -1.97. The first-order valence-electron chi connectivity index (χ1n) is 6.03. The zero-order chi connectivity index (χ0) is 13.2. The molecule has 1 heterocycles. The number of benzene rings is 1. The van der Waals surface area contributed by atoms with Gasteiger partial charge in [-0.25, -0.2) is 0 Å². The van der Waals surface area contributed by atoms with Gasteiger partial charge >= 0.3 is 0 Å². The van der Waals surface area contributed by atoms with E-state index in [4.69, 9.17) is 4.42 Å². The maximum atomic E-state index is 10.9. The molecule has 1 aromatic carbocycles. The molecule has 0 unspecified atom stereocenters. The third-order valence-electron chi connectivity index (χ3n) is 2.92. The van der Waals surface area contributed by atoms with Gasteiger partial charge in [0.15, 0.2) is 0 Å². The maximum absolute atomic E-state index is 10.9. The Morgan fingerprint density at radius 1 is 1.37 bits per heavy atom. The molecule has 3 rings (SSSR count). The Kier molecular flexibility index (Phi) is 2.96. The number of hydrogen-bond acceptors (Lipinski definition) is 6. The highest BCUT2D eigenvalue weighted by Gasteiger charge is 2.22. The summed E-state index contributed by atoms with van der Waals surface area (Å²) in [5.41, 5.74) is 0.311. The van der Waals surface area contributed by atoms with E-state index in [1.165, 1.54) is 18.9 Å². The lowest BCUT2D eigenvalue weighted by atomic mass is 10.2. The summed E-state index contributed by atoms with van der Waals surface area (Å²) in [6.07, 6.45) is 2.34. The summed E-state index contributed by atoms with van der Waals surface area (Å²) < 4.78 is 5.45. The van der Waals surface area contributed by atoms with Crippen LogP contribution in [0.15, 0.2) is 28.7 Å². The molecular weight excluding hydrogens is 248 g/mol. The third kappa shape index (κ3) is 2.60. The first-order valence-corrected chi connectivity index (χ1v) is 6.03. The van der Waals surface area contributed by atoms with Crippen molar-refractivity contribution in [3.05, 3.63) is 40.3 Å². The summed E-state index contributed by atoms with van der Waals surface area (Å²) in [6, 6.07) is 6.87. The molecule has 0 aliphatic heterocycles. The van der Waals surface area contributed by atoms with Gasteiger partial charge in [-0.05, 0) is 18.9 Å². The minimum absolute atomic E-state index is 0.0344. The summed E-state index contributed by atoms with van der Waals surface area (Å²) in [5.74, 6) is 0.625. The van der Waals surface area contributed by atoms with Gasteiger partial charge in [-0.1, -0.05) is 12.1 Å². The van der Waals surface area contributed by atoms with Gasteiger partial charge in [-0.2, -0.15) is 0 Å². The molecule has 0 saturated heterocycles. The van der Waals surface area contributed by atoms with Crippen molar-refractivity contribution >= 4 is 5.69 Å². The van der Waals surface area contributed by atoms with Crippen LogP contribution in [0.2, 0.25) is 0 Å².